The van der Waals surface area contributed by atoms with E-state index in [9.17, 15) is 4.79 Å². The first-order valence-electron chi connectivity index (χ1n) is 7.89. The zero-order valence-corrected chi connectivity index (χ0v) is 14.3. The van der Waals surface area contributed by atoms with Crippen LogP contribution in [0.4, 0.5) is 0 Å². The van der Waals surface area contributed by atoms with Crippen LogP contribution in [0.2, 0.25) is 0 Å². The van der Waals surface area contributed by atoms with Crippen LogP contribution in [0.1, 0.15) is 46.6 Å². The second-order valence-corrected chi connectivity index (χ2v) is 6.90. The summed E-state index contributed by atoms with van der Waals surface area (Å²) in [5.41, 5.74) is 1.33. The molecule has 0 aliphatic heterocycles. The predicted molar refractivity (Wildman–Crippen MR) is 89.1 cm³/mol. The van der Waals surface area contributed by atoms with Crippen molar-refractivity contribution in [3.63, 3.8) is 0 Å². The van der Waals surface area contributed by atoms with Gasteiger partial charge in [-0.25, -0.2) is 0 Å². The molecule has 2 atom stereocenters. The van der Waals surface area contributed by atoms with E-state index in [1.165, 1.54) is 5.56 Å². The predicted octanol–water partition coefficient (Wildman–Crippen LogP) is 2.89. The largest absolute Gasteiger partial charge is 0.481 e. The van der Waals surface area contributed by atoms with Gasteiger partial charge >= 0.3 is 0 Å². The number of nitrogens with one attached hydrogen (secondary N) is 1. The van der Waals surface area contributed by atoms with Gasteiger partial charge in [-0.05, 0) is 42.4 Å². The Morgan fingerprint density at radius 2 is 1.82 bits per heavy atom. The molecule has 0 aliphatic rings. The van der Waals surface area contributed by atoms with Crippen molar-refractivity contribution in [1.29, 1.82) is 0 Å². The maximum atomic E-state index is 12.0. The van der Waals surface area contributed by atoms with E-state index in [4.69, 9.17) is 9.84 Å². The molecule has 4 nitrogen and oxygen atoms in total. The Balaban J connectivity index is 2.50. The molecule has 1 aromatic rings. The van der Waals surface area contributed by atoms with Gasteiger partial charge in [0, 0.05) is 13.2 Å². The molecular formula is C18H29NO3. The van der Waals surface area contributed by atoms with Gasteiger partial charge in [0.25, 0.3) is 5.91 Å². The van der Waals surface area contributed by atoms with Gasteiger partial charge < -0.3 is 15.2 Å². The van der Waals surface area contributed by atoms with E-state index in [-0.39, 0.29) is 23.8 Å². The summed E-state index contributed by atoms with van der Waals surface area (Å²) in [7, 11) is 0. The lowest BCUT2D eigenvalue weighted by atomic mass is 9.87. The standard InChI is InChI=1S/C18H29NO3/c1-13(10-11-20)12-19-17(21)14(2)22-16-8-6-15(7-9-16)18(3,4)5/h6-9,13-14,20H,10-12H2,1-5H3,(H,19,21). The first-order valence-corrected chi connectivity index (χ1v) is 7.89. The molecule has 0 bridgehead atoms. The van der Waals surface area contributed by atoms with Crippen LogP contribution in [0.25, 0.3) is 0 Å². The van der Waals surface area contributed by atoms with E-state index in [1.54, 1.807) is 6.92 Å². The van der Waals surface area contributed by atoms with Crippen molar-refractivity contribution < 1.29 is 14.6 Å². The Hall–Kier alpha value is -1.55. The van der Waals surface area contributed by atoms with Gasteiger partial charge in [-0.3, -0.25) is 4.79 Å². The molecule has 0 fully saturated rings. The average Bonchev–Trinajstić information content (AvgIpc) is 2.44. The summed E-state index contributed by atoms with van der Waals surface area (Å²) < 4.78 is 5.67. The van der Waals surface area contributed by atoms with Gasteiger partial charge in [-0.15, -0.1) is 0 Å². The van der Waals surface area contributed by atoms with Gasteiger partial charge in [-0.1, -0.05) is 39.8 Å². The van der Waals surface area contributed by atoms with Gasteiger partial charge in [-0.2, -0.15) is 0 Å². The highest BCUT2D eigenvalue weighted by Crippen LogP contribution is 2.24. The minimum atomic E-state index is -0.540. The van der Waals surface area contributed by atoms with Crippen molar-refractivity contribution in [2.75, 3.05) is 13.2 Å². The summed E-state index contributed by atoms with van der Waals surface area (Å²) in [5.74, 6) is 0.816. The van der Waals surface area contributed by atoms with Crippen LogP contribution in [0.3, 0.4) is 0 Å². The molecule has 1 rings (SSSR count). The summed E-state index contributed by atoms with van der Waals surface area (Å²) in [6, 6.07) is 7.87. The molecule has 1 amide bonds. The van der Waals surface area contributed by atoms with Gasteiger partial charge in [0.05, 0.1) is 0 Å². The second-order valence-electron chi connectivity index (χ2n) is 6.90. The summed E-state index contributed by atoms with van der Waals surface area (Å²) in [6.07, 6.45) is 0.144. The molecule has 0 heterocycles. The number of carbonyl (C=O) groups excluding carboxylic acids is 1. The summed E-state index contributed by atoms with van der Waals surface area (Å²) >= 11 is 0. The monoisotopic (exact) mass is 307 g/mol. The molecule has 1 aromatic carbocycles. The Labute approximate surface area is 133 Å². The fraction of sp³-hybridized carbons (Fsp3) is 0.611. The molecule has 22 heavy (non-hydrogen) atoms. The minimum absolute atomic E-state index is 0.102. The van der Waals surface area contributed by atoms with E-state index >= 15 is 0 Å². The molecule has 0 aromatic heterocycles. The third-order valence-corrected chi connectivity index (χ3v) is 3.65. The van der Waals surface area contributed by atoms with Crippen molar-refractivity contribution in [1.82, 2.24) is 5.32 Å². The Morgan fingerprint density at radius 1 is 1.23 bits per heavy atom. The first kappa shape index (κ1) is 18.5. The number of amides is 1. The van der Waals surface area contributed by atoms with Crippen LogP contribution in [-0.2, 0) is 10.2 Å². The SMILES string of the molecule is CC(CCO)CNC(=O)C(C)Oc1ccc(C(C)(C)C)cc1. The maximum Gasteiger partial charge on any atom is 0.260 e. The van der Waals surface area contributed by atoms with E-state index in [1.807, 2.05) is 31.2 Å². The summed E-state index contributed by atoms with van der Waals surface area (Å²) in [5, 5.41) is 11.7. The number of ether oxygens (including phenoxy) is 1. The quantitative estimate of drug-likeness (QED) is 0.814. The van der Waals surface area contributed by atoms with E-state index < -0.39 is 6.10 Å². The smallest absolute Gasteiger partial charge is 0.260 e. The molecule has 0 spiro atoms. The average molecular weight is 307 g/mol. The van der Waals surface area contributed by atoms with Crippen molar-refractivity contribution in [2.45, 2.75) is 52.6 Å². The molecule has 0 saturated carbocycles. The molecule has 0 saturated heterocycles. The van der Waals surface area contributed by atoms with Crippen molar-refractivity contribution in [3.8, 4) is 5.75 Å². The van der Waals surface area contributed by atoms with E-state index in [2.05, 4.69) is 26.1 Å². The van der Waals surface area contributed by atoms with Crippen molar-refractivity contribution in [3.05, 3.63) is 29.8 Å². The maximum absolute atomic E-state index is 12.0. The molecular weight excluding hydrogens is 278 g/mol. The normalized spacial score (nSPS) is 14.3. The minimum Gasteiger partial charge on any atom is -0.481 e. The molecule has 4 heteroatoms. The van der Waals surface area contributed by atoms with Crippen LogP contribution in [0.15, 0.2) is 24.3 Å². The van der Waals surface area contributed by atoms with E-state index in [0.717, 1.165) is 0 Å². The summed E-state index contributed by atoms with van der Waals surface area (Å²) in [4.78, 5) is 12.0. The number of aliphatic hydroxyl groups excluding tert-OH is 1. The Bertz CT molecular complexity index is 462. The van der Waals surface area contributed by atoms with Gasteiger partial charge in [0.1, 0.15) is 5.75 Å². The third kappa shape index (κ3) is 6.06. The fourth-order valence-corrected chi connectivity index (χ4v) is 2.03. The number of hydrogen-bond acceptors (Lipinski definition) is 3. The second kappa shape index (κ2) is 8.18. The van der Waals surface area contributed by atoms with Crippen LogP contribution < -0.4 is 10.1 Å². The van der Waals surface area contributed by atoms with E-state index in [0.29, 0.717) is 18.7 Å². The topological polar surface area (TPSA) is 58.6 Å². The number of carbonyl (C=O) groups is 1. The molecule has 2 unspecified atom stereocenters. The summed E-state index contributed by atoms with van der Waals surface area (Å²) in [6.45, 7) is 10.9. The van der Waals surface area contributed by atoms with Gasteiger partial charge in [0.15, 0.2) is 6.10 Å². The molecule has 0 radical (unpaired) electrons. The first-order chi connectivity index (χ1) is 10.2. The lowest BCUT2D eigenvalue weighted by Crippen LogP contribution is -2.38. The fourth-order valence-electron chi connectivity index (χ4n) is 2.03. The number of aliphatic hydroxyl groups is 1. The Morgan fingerprint density at radius 3 is 2.32 bits per heavy atom. The lowest BCUT2D eigenvalue weighted by molar-refractivity contribution is -0.127. The van der Waals surface area contributed by atoms with Crippen LogP contribution in [0, 0.1) is 5.92 Å². The molecule has 0 aliphatic carbocycles. The Kier molecular flexibility index (Phi) is 6.88. The zero-order valence-electron chi connectivity index (χ0n) is 14.3. The third-order valence-electron chi connectivity index (χ3n) is 3.65. The number of hydrogen-bond donors (Lipinski definition) is 2. The van der Waals surface area contributed by atoms with Crippen LogP contribution in [-0.4, -0.2) is 30.3 Å². The zero-order chi connectivity index (χ0) is 16.8. The molecule has 2 N–H and O–H groups in total. The van der Waals surface area contributed by atoms with Crippen molar-refractivity contribution >= 4 is 5.91 Å². The van der Waals surface area contributed by atoms with Crippen molar-refractivity contribution in [2.24, 2.45) is 5.92 Å². The number of rotatable bonds is 7. The van der Waals surface area contributed by atoms with Crippen LogP contribution >= 0.6 is 0 Å². The lowest BCUT2D eigenvalue weighted by Gasteiger charge is -2.20. The van der Waals surface area contributed by atoms with Crippen LogP contribution in [0.5, 0.6) is 5.75 Å². The molecule has 124 valence electrons. The number of benzene rings is 1. The highest BCUT2D eigenvalue weighted by molar-refractivity contribution is 5.80. The highest BCUT2D eigenvalue weighted by atomic mass is 16.5. The highest BCUT2D eigenvalue weighted by Gasteiger charge is 2.17. The van der Waals surface area contributed by atoms with Gasteiger partial charge in [0.2, 0.25) is 0 Å².